The zero-order chi connectivity index (χ0) is 21.1. The highest BCUT2D eigenvalue weighted by atomic mass is 79.9. The van der Waals surface area contributed by atoms with Gasteiger partial charge in [-0.3, -0.25) is 19.3 Å². The number of carboxylic acid groups (broad SMARTS) is 1. The van der Waals surface area contributed by atoms with Gasteiger partial charge in [-0.15, -0.1) is 0 Å². The van der Waals surface area contributed by atoms with Crippen LogP contribution < -0.4 is 4.74 Å². The van der Waals surface area contributed by atoms with Gasteiger partial charge in [0.15, 0.2) is 5.75 Å². The Morgan fingerprint density at radius 2 is 2.03 bits per heavy atom. The minimum absolute atomic E-state index is 0.0293. The van der Waals surface area contributed by atoms with Crippen LogP contribution in [0.25, 0.3) is 6.08 Å². The van der Waals surface area contributed by atoms with Crippen LogP contribution in [0.2, 0.25) is 5.02 Å². The van der Waals surface area contributed by atoms with Crippen molar-refractivity contribution in [1.82, 2.24) is 4.90 Å². The molecule has 0 spiro atoms. The summed E-state index contributed by atoms with van der Waals surface area (Å²) in [5.41, 5.74) is 0.868. The maximum atomic E-state index is 13.7. The average Bonchev–Trinajstić information content (AvgIpc) is 2.89. The van der Waals surface area contributed by atoms with E-state index in [0.29, 0.717) is 38.0 Å². The summed E-state index contributed by atoms with van der Waals surface area (Å²) < 4.78 is 19.8. The minimum Gasteiger partial charge on any atom is -0.486 e. The van der Waals surface area contributed by atoms with Crippen LogP contribution in [0.15, 0.2) is 45.8 Å². The summed E-state index contributed by atoms with van der Waals surface area (Å²) in [5, 5.41) is 8.36. The van der Waals surface area contributed by atoms with E-state index in [9.17, 15) is 18.8 Å². The van der Waals surface area contributed by atoms with Gasteiger partial charge >= 0.3 is 5.97 Å². The van der Waals surface area contributed by atoms with Crippen molar-refractivity contribution in [2.24, 2.45) is 0 Å². The fourth-order valence-corrected chi connectivity index (χ4v) is 4.32. The van der Waals surface area contributed by atoms with E-state index in [1.54, 1.807) is 24.3 Å². The van der Waals surface area contributed by atoms with E-state index < -0.39 is 29.5 Å². The molecule has 1 aliphatic heterocycles. The van der Waals surface area contributed by atoms with Crippen molar-refractivity contribution < 1.29 is 28.6 Å². The number of nitrogens with zero attached hydrogens (tertiary/aromatic N) is 1. The number of carboxylic acids is 1. The third-order valence-corrected chi connectivity index (χ3v) is 5.59. The van der Waals surface area contributed by atoms with Crippen LogP contribution in [0.5, 0.6) is 5.75 Å². The summed E-state index contributed by atoms with van der Waals surface area (Å²) in [6.45, 7) is -0.728. The van der Waals surface area contributed by atoms with Crippen LogP contribution in [0, 0.1) is 5.82 Å². The van der Waals surface area contributed by atoms with Crippen molar-refractivity contribution in [2.45, 2.75) is 6.61 Å². The lowest BCUT2D eigenvalue weighted by molar-refractivity contribution is -0.140. The van der Waals surface area contributed by atoms with Gasteiger partial charge in [-0.1, -0.05) is 29.8 Å². The first-order chi connectivity index (χ1) is 13.8. The molecule has 2 aromatic rings. The van der Waals surface area contributed by atoms with Crippen LogP contribution >= 0.6 is 39.3 Å². The maximum absolute atomic E-state index is 13.7. The third-order valence-electron chi connectivity index (χ3n) is 3.82. The van der Waals surface area contributed by atoms with E-state index in [2.05, 4.69) is 15.9 Å². The first kappa shape index (κ1) is 21.4. The van der Waals surface area contributed by atoms with Crippen LogP contribution in [-0.2, 0) is 16.2 Å². The molecule has 0 aromatic heterocycles. The Balaban J connectivity index is 1.80. The van der Waals surface area contributed by atoms with Gasteiger partial charge < -0.3 is 9.84 Å². The van der Waals surface area contributed by atoms with Gasteiger partial charge in [0.1, 0.15) is 19.0 Å². The molecule has 0 aliphatic carbocycles. The topological polar surface area (TPSA) is 83.9 Å². The highest BCUT2D eigenvalue weighted by molar-refractivity contribution is 9.10. The molecule has 1 heterocycles. The van der Waals surface area contributed by atoms with Crippen molar-refractivity contribution in [3.8, 4) is 5.75 Å². The molecule has 1 fully saturated rings. The number of carbonyl (C=O) groups is 3. The number of hydrogen-bond donors (Lipinski definition) is 1. The third kappa shape index (κ3) is 4.98. The Kier molecular flexibility index (Phi) is 6.61. The van der Waals surface area contributed by atoms with Crippen LogP contribution in [0.1, 0.15) is 11.1 Å². The number of amides is 2. The van der Waals surface area contributed by atoms with Gasteiger partial charge in [0.25, 0.3) is 11.1 Å². The predicted molar refractivity (Wildman–Crippen MR) is 110 cm³/mol. The van der Waals surface area contributed by atoms with Gasteiger partial charge in [0.05, 0.1) is 14.4 Å². The number of rotatable bonds is 6. The smallest absolute Gasteiger partial charge is 0.323 e. The van der Waals surface area contributed by atoms with Gasteiger partial charge in [0.2, 0.25) is 0 Å². The highest BCUT2D eigenvalue weighted by Crippen LogP contribution is 2.38. The van der Waals surface area contributed by atoms with Crippen molar-refractivity contribution >= 4 is 62.5 Å². The predicted octanol–water partition coefficient (Wildman–Crippen LogP) is 4.94. The molecule has 3 rings (SSSR count). The second-order valence-corrected chi connectivity index (χ2v) is 8.11. The van der Waals surface area contributed by atoms with E-state index in [1.807, 2.05) is 0 Å². The lowest BCUT2D eigenvalue weighted by atomic mass is 10.2. The van der Waals surface area contributed by atoms with Gasteiger partial charge in [-0.25, -0.2) is 4.39 Å². The molecule has 6 nitrogen and oxygen atoms in total. The van der Waals surface area contributed by atoms with E-state index in [4.69, 9.17) is 21.4 Å². The first-order valence-corrected chi connectivity index (χ1v) is 10.1. The van der Waals surface area contributed by atoms with Crippen LogP contribution in [0.3, 0.4) is 0 Å². The fourth-order valence-electron chi connectivity index (χ4n) is 2.49. The molecule has 0 atom stereocenters. The molecule has 0 saturated carbocycles. The standard InChI is InChI=1S/C19H12BrClFNO5S/c20-12-5-10(7-15-18(26)23(8-16(24)25)19(27)29-15)6-13(21)17(12)28-9-11-3-1-2-4-14(11)22/h1-7H,8-9H2,(H,24,25)/b15-7+. The lowest BCUT2D eigenvalue weighted by Gasteiger charge is -2.12. The molecule has 10 heteroatoms. The highest BCUT2D eigenvalue weighted by Gasteiger charge is 2.36. The number of thioether (sulfide) groups is 1. The molecule has 0 bridgehead atoms. The summed E-state index contributed by atoms with van der Waals surface area (Å²) >= 11 is 10.2. The Morgan fingerprint density at radius 3 is 2.69 bits per heavy atom. The number of halogens is 3. The molecule has 1 saturated heterocycles. The molecule has 150 valence electrons. The fraction of sp³-hybridized carbons (Fsp3) is 0.105. The molecule has 2 aromatic carbocycles. The summed E-state index contributed by atoms with van der Waals surface area (Å²) in [6, 6.07) is 9.34. The van der Waals surface area contributed by atoms with Gasteiger partial charge in [-0.2, -0.15) is 0 Å². The first-order valence-electron chi connectivity index (χ1n) is 8.08. The second kappa shape index (κ2) is 8.98. The second-order valence-electron chi connectivity index (χ2n) is 5.86. The molecular weight excluding hydrogens is 489 g/mol. The zero-order valence-electron chi connectivity index (χ0n) is 14.5. The van der Waals surface area contributed by atoms with Gasteiger partial charge in [-0.05, 0) is 57.5 Å². The average molecular weight is 501 g/mol. The largest absolute Gasteiger partial charge is 0.486 e. The number of aliphatic carboxylic acids is 1. The van der Waals surface area contributed by atoms with Gasteiger partial charge in [0, 0.05) is 5.56 Å². The molecule has 1 aliphatic rings. The molecule has 29 heavy (non-hydrogen) atoms. The Bertz CT molecular complexity index is 1020. The Morgan fingerprint density at radius 1 is 1.31 bits per heavy atom. The summed E-state index contributed by atoms with van der Waals surface area (Å²) in [7, 11) is 0. The number of benzene rings is 2. The Labute approximate surface area is 182 Å². The number of ether oxygens (including phenoxy) is 1. The SMILES string of the molecule is O=C(O)CN1C(=O)S/C(=C/c2cc(Cl)c(OCc3ccccc3F)c(Br)c2)C1=O. The number of carbonyl (C=O) groups excluding carboxylic acids is 2. The Hall–Kier alpha value is -2.36. The normalized spacial score (nSPS) is 15.3. The molecule has 2 amide bonds. The van der Waals surface area contributed by atoms with E-state index >= 15 is 0 Å². The van der Waals surface area contributed by atoms with Crippen molar-refractivity contribution in [3.05, 3.63) is 67.7 Å². The number of hydrogen-bond acceptors (Lipinski definition) is 5. The zero-order valence-corrected chi connectivity index (χ0v) is 17.7. The van der Waals surface area contributed by atoms with Crippen molar-refractivity contribution in [1.29, 1.82) is 0 Å². The lowest BCUT2D eigenvalue weighted by Crippen LogP contribution is -2.33. The summed E-state index contributed by atoms with van der Waals surface area (Å²) in [5.74, 6) is -2.07. The van der Waals surface area contributed by atoms with E-state index in [-0.39, 0.29) is 16.5 Å². The van der Waals surface area contributed by atoms with Crippen molar-refractivity contribution in [3.63, 3.8) is 0 Å². The van der Waals surface area contributed by atoms with E-state index in [0.717, 1.165) is 0 Å². The van der Waals surface area contributed by atoms with Crippen LogP contribution in [-0.4, -0.2) is 33.7 Å². The van der Waals surface area contributed by atoms with E-state index in [1.165, 1.54) is 18.2 Å². The molecule has 0 radical (unpaired) electrons. The molecule has 1 N–H and O–H groups in total. The molecule has 0 unspecified atom stereocenters. The summed E-state index contributed by atoms with van der Waals surface area (Å²) in [4.78, 5) is 35.6. The monoisotopic (exact) mass is 499 g/mol. The minimum atomic E-state index is -1.28. The maximum Gasteiger partial charge on any atom is 0.323 e. The number of imide groups is 1. The van der Waals surface area contributed by atoms with Crippen LogP contribution in [0.4, 0.5) is 9.18 Å². The quantitative estimate of drug-likeness (QED) is 0.566. The molecular formula is C19H12BrClFNO5S. The van der Waals surface area contributed by atoms with Crippen molar-refractivity contribution in [2.75, 3.05) is 6.54 Å². The summed E-state index contributed by atoms with van der Waals surface area (Å²) in [6.07, 6.45) is 1.43.